The molecule has 6 aliphatic carbocycles. The van der Waals surface area contributed by atoms with E-state index in [2.05, 4.69) is 0 Å². The summed E-state index contributed by atoms with van der Waals surface area (Å²) in [5.74, 6) is 0. The Bertz CT molecular complexity index is 464. The van der Waals surface area contributed by atoms with E-state index in [1.165, 1.54) is 72.5 Å². The smallest absolute Gasteiger partial charge is 0 e. The molecular formula is C36H66IrP2. The van der Waals surface area contributed by atoms with E-state index in [1.54, 1.807) is 154 Å². The number of hydrogen-bond donors (Lipinski definition) is 0. The summed E-state index contributed by atoms with van der Waals surface area (Å²) in [5, 5.41) is 0. The van der Waals surface area contributed by atoms with Gasteiger partial charge >= 0.3 is 0 Å². The van der Waals surface area contributed by atoms with Crippen LogP contribution in [-0.2, 0) is 20.1 Å². The molecule has 6 rings (SSSR count). The van der Waals surface area contributed by atoms with Crippen LogP contribution in [0, 0.1) is 0 Å². The fourth-order valence-corrected chi connectivity index (χ4v) is 19.4. The molecule has 229 valence electrons. The van der Waals surface area contributed by atoms with Crippen LogP contribution in [0.15, 0.2) is 0 Å². The second kappa shape index (κ2) is 19.0. The van der Waals surface area contributed by atoms with E-state index in [9.17, 15) is 0 Å². The molecule has 6 fully saturated rings. The third-order valence-electron chi connectivity index (χ3n) is 12.0. The number of rotatable bonds is 6. The van der Waals surface area contributed by atoms with Gasteiger partial charge in [0.25, 0.3) is 0 Å². The molecule has 0 saturated heterocycles. The van der Waals surface area contributed by atoms with Crippen LogP contribution >= 0.6 is 15.8 Å². The van der Waals surface area contributed by atoms with E-state index in [1.807, 2.05) is 0 Å². The average Bonchev–Trinajstić information content (AvgIpc) is 3.01. The van der Waals surface area contributed by atoms with Crippen LogP contribution in [0.5, 0.6) is 0 Å². The van der Waals surface area contributed by atoms with Gasteiger partial charge in [-0.3, -0.25) is 0 Å². The standard InChI is InChI=1S/2C18H33P.Ir/c2*1-4-10-16(11-5-1)19(17-12-6-2-7-13-17)18-14-8-3-9-15-18;/h2*16-18H,1-15H2;. The minimum Gasteiger partial charge on any atom is -0.0971 e. The monoisotopic (exact) mass is 753 g/mol. The Balaban J connectivity index is 0.000000176. The zero-order chi connectivity index (χ0) is 25.8. The Morgan fingerprint density at radius 2 is 0.333 bits per heavy atom. The Morgan fingerprint density at radius 1 is 0.205 bits per heavy atom. The summed E-state index contributed by atoms with van der Waals surface area (Å²) in [6.07, 6.45) is 47.2. The van der Waals surface area contributed by atoms with Crippen LogP contribution in [0.4, 0.5) is 0 Å². The Morgan fingerprint density at radius 3 is 0.462 bits per heavy atom. The SMILES string of the molecule is C1CCC(P(C2CCCCC2)C2CCCCC2)CC1.C1CCC(P(C2CCCCC2)C2CCCCC2)CC1.[Ir]. The molecule has 0 N–H and O–H groups in total. The minimum atomic E-state index is 0. The van der Waals surface area contributed by atoms with Crippen molar-refractivity contribution in [2.75, 3.05) is 0 Å². The first-order valence-electron chi connectivity index (χ1n) is 18.4. The molecule has 0 atom stereocenters. The summed E-state index contributed by atoms with van der Waals surface area (Å²) in [6, 6.07) is 0. The second-order valence-electron chi connectivity index (χ2n) is 14.6. The van der Waals surface area contributed by atoms with Gasteiger partial charge in [-0.25, -0.2) is 0 Å². The molecule has 0 unspecified atom stereocenters. The van der Waals surface area contributed by atoms with E-state index in [-0.39, 0.29) is 20.1 Å². The third kappa shape index (κ3) is 10.3. The van der Waals surface area contributed by atoms with Crippen molar-refractivity contribution >= 4 is 15.8 Å². The van der Waals surface area contributed by atoms with Gasteiger partial charge in [0.05, 0.1) is 0 Å². The zero-order valence-electron chi connectivity index (χ0n) is 25.9. The molecule has 0 aromatic carbocycles. The molecule has 0 spiro atoms. The van der Waals surface area contributed by atoms with Crippen LogP contribution in [0.1, 0.15) is 193 Å². The molecular weight excluding hydrogens is 687 g/mol. The summed E-state index contributed by atoms with van der Waals surface area (Å²) in [7, 11) is 0.770. The first-order chi connectivity index (χ1) is 18.9. The van der Waals surface area contributed by atoms with E-state index in [4.69, 9.17) is 0 Å². The van der Waals surface area contributed by atoms with Gasteiger partial charge in [0, 0.05) is 20.1 Å². The summed E-state index contributed by atoms with van der Waals surface area (Å²) in [6.45, 7) is 0. The van der Waals surface area contributed by atoms with E-state index in [0.717, 1.165) is 0 Å². The van der Waals surface area contributed by atoms with E-state index in [0.29, 0.717) is 15.8 Å². The molecule has 0 aromatic rings. The van der Waals surface area contributed by atoms with Crippen LogP contribution in [-0.4, -0.2) is 34.0 Å². The second-order valence-corrected chi connectivity index (χ2v) is 20.8. The molecule has 0 amide bonds. The molecule has 0 aromatic heterocycles. The van der Waals surface area contributed by atoms with E-state index >= 15 is 0 Å². The van der Waals surface area contributed by atoms with Gasteiger partial charge in [-0.15, -0.1) is 0 Å². The fraction of sp³-hybridized carbons (Fsp3) is 1.00. The topological polar surface area (TPSA) is 0 Å². The molecule has 6 aliphatic rings. The Labute approximate surface area is 261 Å². The van der Waals surface area contributed by atoms with Crippen molar-refractivity contribution in [3.05, 3.63) is 0 Å². The van der Waals surface area contributed by atoms with Gasteiger partial charge in [0.2, 0.25) is 0 Å². The molecule has 1 radical (unpaired) electrons. The maximum Gasteiger partial charge on any atom is 0 e. The normalized spacial score (nSPS) is 28.2. The molecule has 0 heterocycles. The first-order valence-corrected chi connectivity index (χ1v) is 21.5. The number of hydrogen-bond acceptors (Lipinski definition) is 0. The van der Waals surface area contributed by atoms with Crippen molar-refractivity contribution in [2.45, 2.75) is 227 Å². The average molecular weight is 753 g/mol. The van der Waals surface area contributed by atoms with Crippen LogP contribution in [0.3, 0.4) is 0 Å². The van der Waals surface area contributed by atoms with Crippen LogP contribution in [0.2, 0.25) is 0 Å². The van der Waals surface area contributed by atoms with Gasteiger partial charge in [-0.1, -0.05) is 131 Å². The zero-order valence-corrected chi connectivity index (χ0v) is 30.1. The van der Waals surface area contributed by atoms with Crippen LogP contribution < -0.4 is 0 Å². The van der Waals surface area contributed by atoms with Gasteiger partial charge in [-0.2, -0.15) is 0 Å². The maximum absolute atomic E-state index is 1.61. The summed E-state index contributed by atoms with van der Waals surface area (Å²) in [5.41, 5.74) is 7.14. The van der Waals surface area contributed by atoms with E-state index < -0.39 is 0 Å². The van der Waals surface area contributed by atoms with Crippen molar-refractivity contribution in [1.29, 1.82) is 0 Å². The van der Waals surface area contributed by atoms with Crippen molar-refractivity contribution in [2.24, 2.45) is 0 Å². The molecule has 6 saturated carbocycles. The third-order valence-corrected chi connectivity index (χ3v) is 20.1. The summed E-state index contributed by atoms with van der Waals surface area (Å²) >= 11 is 0. The maximum atomic E-state index is 1.61. The largest absolute Gasteiger partial charge is 0.0971 e. The predicted octanol–water partition coefficient (Wildman–Crippen LogP) is 12.9. The molecule has 0 bridgehead atoms. The Hall–Kier alpha value is 1.51. The molecule has 39 heavy (non-hydrogen) atoms. The summed E-state index contributed by atoms with van der Waals surface area (Å²) in [4.78, 5) is 0. The fourth-order valence-electron chi connectivity index (χ4n) is 10.1. The molecule has 0 nitrogen and oxygen atoms in total. The Kier molecular flexibility index (Phi) is 16.3. The van der Waals surface area contributed by atoms with Gasteiger partial charge in [0.15, 0.2) is 0 Å². The molecule has 0 aliphatic heterocycles. The van der Waals surface area contributed by atoms with Gasteiger partial charge < -0.3 is 0 Å². The quantitative estimate of drug-likeness (QED) is 0.237. The van der Waals surface area contributed by atoms with Gasteiger partial charge in [-0.05, 0) is 111 Å². The first kappa shape index (κ1) is 33.4. The van der Waals surface area contributed by atoms with Crippen LogP contribution in [0.25, 0.3) is 0 Å². The van der Waals surface area contributed by atoms with Gasteiger partial charge in [0.1, 0.15) is 0 Å². The van der Waals surface area contributed by atoms with Crippen molar-refractivity contribution < 1.29 is 20.1 Å². The minimum absolute atomic E-state index is 0. The van der Waals surface area contributed by atoms with Crippen molar-refractivity contribution in [3.8, 4) is 0 Å². The van der Waals surface area contributed by atoms with Crippen molar-refractivity contribution in [3.63, 3.8) is 0 Å². The predicted molar refractivity (Wildman–Crippen MR) is 175 cm³/mol. The molecule has 3 heteroatoms. The van der Waals surface area contributed by atoms with Crippen molar-refractivity contribution in [1.82, 2.24) is 0 Å². The summed E-state index contributed by atoms with van der Waals surface area (Å²) < 4.78 is 0.